The number of hydrogen-bond donors (Lipinski definition) is 1. The molecule has 0 amide bonds. The van der Waals surface area contributed by atoms with Gasteiger partial charge in [-0.15, -0.1) is 0 Å². The summed E-state index contributed by atoms with van der Waals surface area (Å²) in [6.07, 6.45) is 0.663. The van der Waals surface area contributed by atoms with E-state index in [0.29, 0.717) is 17.1 Å². The Morgan fingerprint density at radius 1 is 1.00 bits per heavy atom. The number of aromatic carboxylic acids is 1. The summed E-state index contributed by atoms with van der Waals surface area (Å²) in [5, 5.41) is 9.19. The maximum Gasteiger partial charge on any atom is 0.416 e. The maximum atomic E-state index is 13.0. The molecule has 1 fully saturated rings. The SMILES string of the molecule is CC(C)c1oc(-c2ccc(C(F)(F)F)cc2)cc1C(Oc1ccc(C(=O)O)cc1)C1CCCCC1. The second-order valence-electron chi connectivity index (χ2n) is 9.43. The lowest BCUT2D eigenvalue weighted by atomic mass is 9.81. The largest absolute Gasteiger partial charge is 0.485 e. The zero-order valence-corrected chi connectivity index (χ0v) is 19.8. The molecule has 1 aromatic heterocycles. The van der Waals surface area contributed by atoms with E-state index >= 15 is 0 Å². The van der Waals surface area contributed by atoms with Gasteiger partial charge in [0.05, 0.1) is 11.1 Å². The Kier molecular flexibility index (Phi) is 7.24. The molecule has 4 rings (SSSR count). The van der Waals surface area contributed by atoms with Crippen molar-refractivity contribution in [2.24, 2.45) is 5.92 Å². The van der Waals surface area contributed by atoms with Gasteiger partial charge in [-0.2, -0.15) is 13.2 Å². The van der Waals surface area contributed by atoms with Crippen LogP contribution in [0, 0.1) is 5.92 Å². The van der Waals surface area contributed by atoms with E-state index in [1.165, 1.54) is 30.7 Å². The molecule has 0 saturated heterocycles. The summed E-state index contributed by atoms with van der Waals surface area (Å²) in [6, 6.07) is 13.2. The van der Waals surface area contributed by atoms with E-state index in [4.69, 9.17) is 9.15 Å². The van der Waals surface area contributed by atoms with Crippen molar-refractivity contribution in [2.45, 2.75) is 64.1 Å². The van der Waals surface area contributed by atoms with Gasteiger partial charge in [0, 0.05) is 23.0 Å². The average molecular weight is 487 g/mol. The number of ether oxygens (including phenoxy) is 1. The Bertz CT molecular complexity index is 1140. The van der Waals surface area contributed by atoms with Crippen LogP contribution in [-0.2, 0) is 6.18 Å². The summed E-state index contributed by atoms with van der Waals surface area (Å²) in [5.74, 6) is 1.10. The first kappa shape index (κ1) is 24.9. The van der Waals surface area contributed by atoms with E-state index < -0.39 is 17.7 Å². The number of furan rings is 1. The summed E-state index contributed by atoms with van der Waals surface area (Å²) >= 11 is 0. The third kappa shape index (κ3) is 5.72. The van der Waals surface area contributed by atoms with Crippen molar-refractivity contribution in [1.82, 2.24) is 0 Å². The molecule has 0 bridgehead atoms. The number of hydrogen-bond acceptors (Lipinski definition) is 3. The number of halogens is 3. The molecule has 1 atom stereocenters. The maximum absolute atomic E-state index is 13.0. The van der Waals surface area contributed by atoms with Gasteiger partial charge in [-0.25, -0.2) is 4.79 Å². The quantitative estimate of drug-likeness (QED) is 0.364. The van der Waals surface area contributed by atoms with Crippen molar-refractivity contribution in [3.8, 4) is 17.1 Å². The fourth-order valence-electron chi connectivity index (χ4n) is 4.73. The molecule has 7 heteroatoms. The molecule has 1 unspecified atom stereocenters. The van der Waals surface area contributed by atoms with Crippen molar-refractivity contribution in [2.75, 3.05) is 0 Å². The predicted octanol–water partition coefficient (Wildman–Crippen LogP) is 8.49. The standard InChI is InChI=1S/C28H29F3O4/c1-17(2)25-23(16-24(35-25)18-8-12-21(13-9-18)28(29,30)31)26(19-6-4-3-5-7-19)34-22-14-10-20(11-15-22)27(32)33/h8-17,19,26H,3-7H2,1-2H3,(H,32,33). The minimum Gasteiger partial charge on any atom is -0.485 e. The van der Waals surface area contributed by atoms with E-state index in [9.17, 15) is 23.1 Å². The molecule has 186 valence electrons. The van der Waals surface area contributed by atoms with E-state index in [1.807, 2.05) is 19.9 Å². The van der Waals surface area contributed by atoms with Crippen LogP contribution in [0.4, 0.5) is 13.2 Å². The van der Waals surface area contributed by atoms with Crippen LogP contribution in [0.2, 0.25) is 0 Å². The second-order valence-corrected chi connectivity index (χ2v) is 9.43. The van der Waals surface area contributed by atoms with Gasteiger partial charge in [0.15, 0.2) is 0 Å². The minimum absolute atomic E-state index is 0.0391. The highest BCUT2D eigenvalue weighted by molar-refractivity contribution is 5.87. The van der Waals surface area contributed by atoms with Crippen LogP contribution in [-0.4, -0.2) is 11.1 Å². The van der Waals surface area contributed by atoms with Crippen LogP contribution >= 0.6 is 0 Å². The molecule has 0 radical (unpaired) electrons. The zero-order chi connectivity index (χ0) is 25.2. The van der Waals surface area contributed by atoms with E-state index in [1.54, 1.807) is 12.1 Å². The minimum atomic E-state index is -4.40. The van der Waals surface area contributed by atoms with Gasteiger partial charge >= 0.3 is 12.1 Å². The Morgan fingerprint density at radius 3 is 2.17 bits per heavy atom. The predicted molar refractivity (Wildman–Crippen MR) is 127 cm³/mol. The molecule has 0 spiro atoms. The Hall–Kier alpha value is -3.22. The van der Waals surface area contributed by atoms with Gasteiger partial charge < -0.3 is 14.3 Å². The molecule has 0 aliphatic heterocycles. The smallest absolute Gasteiger partial charge is 0.416 e. The van der Waals surface area contributed by atoms with Crippen molar-refractivity contribution in [1.29, 1.82) is 0 Å². The molecular weight excluding hydrogens is 457 g/mol. The number of carboxylic acids is 1. The lowest BCUT2D eigenvalue weighted by molar-refractivity contribution is -0.137. The van der Waals surface area contributed by atoms with Crippen LogP contribution in [0.1, 0.15) is 85.2 Å². The fraction of sp³-hybridized carbons (Fsp3) is 0.393. The normalized spacial score (nSPS) is 15.8. The Morgan fingerprint density at radius 2 is 1.63 bits per heavy atom. The second kappa shape index (κ2) is 10.2. The first-order chi connectivity index (χ1) is 16.6. The topological polar surface area (TPSA) is 59.7 Å². The lowest BCUT2D eigenvalue weighted by Crippen LogP contribution is -2.22. The summed E-state index contributed by atoms with van der Waals surface area (Å²) in [7, 11) is 0. The van der Waals surface area contributed by atoms with E-state index in [2.05, 4.69) is 0 Å². The lowest BCUT2D eigenvalue weighted by Gasteiger charge is -2.31. The average Bonchev–Trinajstić information content (AvgIpc) is 3.28. The van der Waals surface area contributed by atoms with Crippen molar-refractivity contribution in [3.05, 3.63) is 77.0 Å². The number of rotatable bonds is 7. The van der Waals surface area contributed by atoms with Crippen molar-refractivity contribution in [3.63, 3.8) is 0 Å². The van der Waals surface area contributed by atoms with Crippen LogP contribution in [0.5, 0.6) is 5.75 Å². The molecule has 1 aliphatic carbocycles. The molecule has 1 saturated carbocycles. The number of benzene rings is 2. The van der Waals surface area contributed by atoms with Crippen LogP contribution in [0.3, 0.4) is 0 Å². The van der Waals surface area contributed by atoms with Crippen molar-refractivity contribution < 1.29 is 32.2 Å². The van der Waals surface area contributed by atoms with Gasteiger partial charge in [0.25, 0.3) is 0 Å². The third-order valence-corrected chi connectivity index (χ3v) is 6.56. The number of carboxylic acid groups (broad SMARTS) is 1. The monoisotopic (exact) mass is 486 g/mol. The summed E-state index contributed by atoms with van der Waals surface area (Å²) in [4.78, 5) is 11.2. The highest BCUT2D eigenvalue weighted by Crippen LogP contribution is 2.43. The van der Waals surface area contributed by atoms with Crippen LogP contribution in [0.15, 0.2) is 59.0 Å². The molecule has 1 aliphatic rings. The third-order valence-electron chi connectivity index (χ3n) is 6.56. The summed E-state index contributed by atoms with van der Waals surface area (Å²) in [6.45, 7) is 4.02. The Balaban J connectivity index is 1.71. The van der Waals surface area contributed by atoms with Gasteiger partial charge in [-0.1, -0.05) is 45.2 Å². The Labute approximate surface area is 202 Å². The van der Waals surface area contributed by atoms with E-state index in [0.717, 1.165) is 49.1 Å². The summed E-state index contributed by atoms with van der Waals surface area (Å²) in [5.41, 5.74) is 0.941. The molecular formula is C28H29F3O4. The van der Waals surface area contributed by atoms with Gasteiger partial charge in [0.2, 0.25) is 0 Å². The van der Waals surface area contributed by atoms with Crippen LogP contribution < -0.4 is 4.74 Å². The molecule has 2 aromatic carbocycles. The first-order valence-electron chi connectivity index (χ1n) is 11.9. The number of alkyl halides is 3. The molecule has 35 heavy (non-hydrogen) atoms. The highest BCUT2D eigenvalue weighted by atomic mass is 19.4. The first-order valence-corrected chi connectivity index (χ1v) is 11.9. The van der Waals surface area contributed by atoms with Crippen molar-refractivity contribution >= 4 is 5.97 Å². The number of carbonyl (C=O) groups is 1. The molecule has 1 heterocycles. The highest BCUT2D eigenvalue weighted by Gasteiger charge is 2.33. The van der Waals surface area contributed by atoms with Gasteiger partial charge in [-0.3, -0.25) is 0 Å². The zero-order valence-electron chi connectivity index (χ0n) is 19.8. The molecule has 3 aromatic rings. The van der Waals surface area contributed by atoms with Gasteiger partial charge in [0.1, 0.15) is 23.4 Å². The summed E-state index contributed by atoms with van der Waals surface area (Å²) < 4.78 is 51.7. The molecule has 1 N–H and O–H groups in total. The van der Waals surface area contributed by atoms with E-state index in [-0.39, 0.29) is 23.5 Å². The van der Waals surface area contributed by atoms with Gasteiger partial charge in [-0.05, 0) is 55.3 Å². The fourth-order valence-corrected chi connectivity index (χ4v) is 4.73. The molecule has 4 nitrogen and oxygen atoms in total. The van der Waals surface area contributed by atoms with Crippen LogP contribution in [0.25, 0.3) is 11.3 Å².